The van der Waals surface area contributed by atoms with Crippen LogP contribution in [0.25, 0.3) is 0 Å². The summed E-state index contributed by atoms with van der Waals surface area (Å²) in [5, 5.41) is 0. The molecule has 6 heavy (non-hydrogen) atoms. The lowest BCUT2D eigenvalue weighted by molar-refractivity contribution is -0.129. The molecule has 0 saturated carbocycles. The van der Waals surface area contributed by atoms with E-state index in [1.807, 2.05) is 0 Å². The number of hydrogen-bond acceptors (Lipinski definition) is 2. The van der Waals surface area contributed by atoms with Gasteiger partial charge in [-0.05, 0) is 0 Å². The van der Waals surface area contributed by atoms with Gasteiger partial charge in [0.1, 0.15) is 0 Å². The summed E-state index contributed by atoms with van der Waals surface area (Å²) in [5.41, 5.74) is 0. The van der Waals surface area contributed by atoms with Crippen LogP contribution in [0.15, 0.2) is 0 Å². The van der Waals surface area contributed by atoms with E-state index in [2.05, 4.69) is 4.53 Å². The number of hydrogen-bond donors (Lipinski definition) is 0. The molecule has 34 valence electrons. The van der Waals surface area contributed by atoms with Crippen molar-refractivity contribution in [2.24, 2.45) is 0 Å². The van der Waals surface area contributed by atoms with Gasteiger partial charge in [-0.1, -0.05) is 0 Å². The predicted molar refractivity (Wildman–Crippen MR) is 22.1 cm³/mol. The number of nitrogens with zero attached hydrogens (tertiary/aromatic N) is 1. The molecular formula is C2H5NO2Si. The number of hydroxylamine groups is 1. The Kier molecular flexibility index (Phi) is 0.674. The van der Waals surface area contributed by atoms with Crippen molar-refractivity contribution in [3.05, 3.63) is 0 Å². The molecule has 1 fully saturated rings. The van der Waals surface area contributed by atoms with Gasteiger partial charge in [0.05, 0.1) is 0 Å². The lowest BCUT2D eigenvalue weighted by Crippen LogP contribution is -2.02. The SMILES string of the molecule is CC(=O)N1O[SiH2]1. The maximum atomic E-state index is 10.0. The number of carbonyl (C=O) groups excluding carboxylic acids is 1. The molecule has 1 saturated heterocycles. The second-order valence-corrected chi connectivity index (χ2v) is 2.25. The van der Waals surface area contributed by atoms with Gasteiger partial charge in [-0.3, -0.25) is 4.79 Å². The molecule has 0 N–H and O–H groups in total. The zero-order valence-corrected chi connectivity index (χ0v) is 4.89. The maximum Gasteiger partial charge on any atom is 0.328 e. The molecule has 4 heteroatoms. The third-order valence-corrected chi connectivity index (χ3v) is 1.57. The third-order valence-electron chi connectivity index (χ3n) is 0.609. The largest absolute Gasteiger partial charge is 0.328 e. The number of carbonyl (C=O) groups is 1. The van der Waals surface area contributed by atoms with Gasteiger partial charge >= 0.3 is 9.92 Å². The van der Waals surface area contributed by atoms with Crippen molar-refractivity contribution in [2.45, 2.75) is 6.92 Å². The van der Waals surface area contributed by atoms with E-state index in [1.54, 1.807) is 0 Å². The minimum atomic E-state index is -0.483. The predicted octanol–water partition coefficient (Wildman–Crippen LogP) is -1.22. The van der Waals surface area contributed by atoms with E-state index in [-0.39, 0.29) is 5.91 Å². The average Bonchev–Trinajstić information content (AvgIpc) is 2.06. The van der Waals surface area contributed by atoms with Crippen molar-refractivity contribution in [1.29, 1.82) is 0 Å². The van der Waals surface area contributed by atoms with Crippen LogP contribution in [0.1, 0.15) is 6.92 Å². The van der Waals surface area contributed by atoms with Gasteiger partial charge in [-0.25, -0.2) is 4.73 Å². The Morgan fingerprint density at radius 2 is 2.50 bits per heavy atom. The van der Waals surface area contributed by atoms with Gasteiger partial charge in [0.15, 0.2) is 0 Å². The highest BCUT2D eigenvalue weighted by Crippen LogP contribution is 2.00. The molecule has 1 heterocycles. The molecule has 0 atom stereocenters. The quantitative estimate of drug-likeness (QED) is 0.284. The van der Waals surface area contributed by atoms with Crippen LogP contribution in [0.5, 0.6) is 0 Å². The van der Waals surface area contributed by atoms with Crippen molar-refractivity contribution in [3.63, 3.8) is 0 Å². The molecule has 0 aromatic carbocycles. The summed E-state index contributed by atoms with van der Waals surface area (Å²) in [4.78, 5) is 10.0. The van der Waals surface area contributed by atoms with Crippen molar-refractivity contribution >= 4 is 15.8 Å². The zero-order chi connectivity index (χ0) is 4.57. The van der Waals surface area contributed by atoms with E-state index in [0.29, 0.717) is 0 Å². The van der Waals surface area contributed by atoms with E-state index in [4.69, 9.17) is 0 Å². The molecular weight excluding hydrogens is 98.1 g/mol. The Bertz CT molecular complexity index is 79.6. The number of amides is 1. The molecule has 0 unspecified atom stereocenters. The van der Waals surface area contributed by atoms with E-state index in [0.717, 1.165) is 0 Å². The molecule has 0 radical (unpaired) electrons. The van der Waals surface area contributed by atoms with Crippen LogP contribution in [0.2, 0.25) is 0 Å². The highest BCUT2D eigenvalue weighted by atomic mass is 28.3. The van der Waals surface area contributed by atoms with Crippen LogP contribution in [0.4, 0.5) is 0 Å². The molecule has 0 bridgehead atoms. The first-order valence-electron chi connectivity index (χ1n) is 1.72. The van der Waals surface area contributed by atoms with Crippen LogP contribution in [-0.2, 0) is 9.32 Å². The van der Waals surface area contributed by atoms with E-state index < -0.39 is 9.92 Å². The lowest BCUT2D eigenvalue weighted by atomic mass is 10.8. The first-order chi connectivity index (χ1) is 2.80. The van der Waals surface area contributed by atoms with Crippen LogP contribution < -0.4 is 0 Å². The maximum absolute atomic E-state index is 10.0. The van der Waals surface area contributed by atoms with Crippen molar-refractivity contribution < 1.29 is 9.32 Å². The molecule has 0 aromatic heterocycles. The summed E-state index contributed by atoms with van der Waals surface area (Å²) in [5.74, 6) is 0.0432. The standard InChI is InChI=1S/C2H5NO2Si/c1-2(4)3-5-6-3/h6H2,1H3. The van der Waals surface area contributed by atoms with Gasteiger partial charge in [0, 0.05) is 6.92 Å². The van der Waals surface area contributed by atoms with Gasteiger partial charge in [0.25, 0.3) is 0 Å². The summed E-state index contributed by atoms with van der Waals surface area (Å²) in [7, 11) is -0.483. The van der Waals surface area contributed by atoms with Crippen molar-refractivity contribution in [3.8, 4) is 0 Å². The molecule has 1 aliphatic rings. The summed E-state index contributed by atoms with van der Waals surface area (Å²) in [6.07, 6.45) is 0. The topological polar surface area (TPSA) is 32.6 Å². The first kappa shape index (κ1) is 3.82. The summed E-state index contributed by atoms with van der Waals surface area (Å²) >= 11 is 0. The number of rotatable bonds is 0. The van der Waals surface area contributed by atoms with Crippen molar-refractivity contribution in [2.75, 3.05) is 0 Å². The van der Waals surface area contributed by atoms with Gasteiger partial charge < -0.3 is 4.53 Å². The molecule has 0 aliphatic carbocycles. The molecule has 0 spiro atoms. The van der Waals surface area contributed by atoms with Crippen LogP contribution in [0, 0.1) is 0 Å². The third kappa shape index (κ3) is 0.578. The summed E-state index contributed by atoms with van der Waals surface area (Å²) < 4.78 is 6.01. The Morgan fingerprint density at radius 3 is 2.50 bits per heavy atom. The zero-order valence-electron chi connectivity index (χ0n) is 3.47. The van der Waals surface area contributed by atoms with E-state index in [9.17, 15) is 4.79 Å². The molecule has 0 aromatic rings. The van der Waals surface area contributed by atoms with Gasteiger partial charge in [0.2, 0.25) is 5.91 Å². The Hall–Kier alpha value is -0.353. The minimum Gasteiger partial charge on any atom is -0.303 e. The van der Waals surface area contributed by atoms with Gasteiger partial charge in [-0.2, -0.15) is 0 Å². The molecule has 1 rings (SSSR count). The fourth-order valence-electron chi connectivity index (χ4n) is 0.211. The second-order valence-electron chi connectivity index (χ2n) is 1.16. The first-order valence-corrected chi connectivity index (χ1v) is 2.93. The second kappa shape index (κ2) is 1.06. The fourth-order valence-corrected chi connectivity index (χ4v) is 0.632. The van der Waals surface area contributed by atoms with Crippen LogP contribution >= 0.6 is 0 Å². The summed E-state index contributed by atoms with van der Waals surface area (Å²) in [6.45, 7) is 1.50. The smallest absolute Gasteiger partial charge is 0.303 e. The highest BCUT2D eigenvalue weighted by molar-refractivity contribution is 6.37. The Labute approximate surface area is 37.9 Å². The normalized spacial score (nSPS) is 21.8. The monoisotopic (exact) mass is 103 g/mol. The highest BCUT2D eigenvalue weighted by Gasteiger charge is 2.22. The Balaban J connectivity index is 2.31. The molecule has 3 nitrogen and oxygen atoms in total. The van der Waals surface area contributed by atoms with Crippen molar-refractivity contribution in [1.82, 2.24) is 4.73 Å². The minimum absolute atomic E-state index is 0.0432. The fraction of sp³-hybridized carbons (Fsp3) is 0.500. The Morgan fingerprint density at radius 1 is 2.00 bits per heavy atom. The average molecular weight is 103 g/mol. The summed E-state index contributed by atoms with van der Waals surface area (Å²) in [6, 6.07) is 0. The van der Waals surface area contributed by atoms with E-state index in [1.165, 1.54) is 11.7 Å². The van der Waals surface area contributed by atoms with E-state index >= 15 is 0 Å². The van der Waals surface area contributed by atoms with Crippen LogP contribution in [0.3, 0.4) is 0 Å². The molecule has 1 amide bonds. The lowest BCUT2D eigenvalue weighted by Gasteiger charge is -1.82. The van der Waals surface area contributed by atoms with Gasteiger partial charge in [-0.15, -0.1) is 0 Å². The molecule has 1 aliphatic heterocycles. The van der Waals surface area contributed by atoms with Crippen LogP contribution in [-0.4, -0.2) is 20.6 Å².